The number of hydrogen-bond donors (Lipinski definition) is 2. The van der Waals surface area contributed by atoms with Crippen LogP contribution in [0.2, 0.25) is 5.02 Å². The van der Waals surface area contributed by atoms with Gasteiger partial charge >= 0.3 is 0 Å². The molecule has 1 aromatic carbocycles. The Bertz CT molecular complexity index is 849. The van der Waals surface area contributed by atoms with Crippen molar-refractivity contribution in [3.63, 3.8) is 0 Å². The number of fused-ring (bicyclic) bond motifs is 2. The normalized spacial score (nSPS) is 16.7. The maximum absolute atomic E-state index is 11.8. The number of benzene rings is 1. The van der Waals surface area contributed by atoms with Crippen LogP contribution in [0.1, 0.15) is 29.6 Å². The molecule has 0 atom stereocenters. The van der Waals surface area contributed by atoms with Crippen molar-refractivity contribution in [2.24, 2.45) is 5.73 Å². The van der Waals surface area contributed by atoms with Gasteiger partial charge in [-0.3, -0.25) is 9.59 Å². The maximum atomic E-state index is 11.8. The van der Waals surface area contributed by atoms with Gasteiger partial charge in [-0.25, -0.2) is 4.68 Å². The maximum Gasteiger partial charge on any atom is 0.156 e. The number of rotatable bonds is 3. The van der Waals surface area contributed by atoms with E-state index >= 15 is 0 Å². The quantitative estimate of drug-likeness (QED) is 0.572. The van der Waals surface area contributed by atoms with E-state index in [-0.39, 0.29) is 5.54 Å². The number of likely N-dealkylation sites (tertiary alicyclic amines) is 1. The first-order valence-electron chi connectivity index (χ1n) is 9.95. The lowest BCUT2D eigenvalue weighted by Crippen LogP contribution is -2.48. The molecular weight excluding hydrogens is 402 g/mol. The minimum atomic E-state index is 0.0233. The highest BCUT2D eigenvalue weighted by atomic mass is 35.5. The van der Waals surface area contributed by atoms with E-state index < -0.39 is 0 Å². The van der Waals surface area contributed by atoms with Gasteiger partial charge < -0.3 is 16.0 Å². The Hall–Kier alpha value is -2.48. The molecule has 1 aromatic heterocycles. The summed E-state index contributed by atoms with van der Waals surface area (Å²) >= 11 is 5.99. The van der Waals surface area contributed by atoms with E-state index in [0.717, 1.165) is 62.3 Å². The molecule has 0 amide bonds. The number of aromatic nitrogens is 2. The lowest BCUT2D eigenvalue weighted by atomic mass is 9.83. The Morgan fingerprint density at radius 3 is 2.30 bits per heavy atom. The Labute approximate surface area is 182 Å². The van der Waals surface area contributed by atoms with E-state index in [2.05, 4.69) is 34.3 Å². The van der Waals surface area contributed by atoms with Gasteiger partial charge in [-0.05, 0) is 51.6 Å². The number of hydrogen-bond acceptors (Lipinski definition) is 6. The molecule has 0 aliphatic carbocycles. The van der Waals surface area contributed by atoms with E-state index in [1.807, 2.05) is 24.3 Å². The van der Waals surface area contributed by atoms with Crippen LogP contribution in [0.5, 0.6) is 0 Å². The van der Waals surface area contributed by atoms with Gasteiger partial charge in [-0.2, -0.15) is 5.10 Å². The molecule has 7 nitrogen and oxygen atoms in total. The number of nitrogens with one attached hydrogen (secondary N) is 1. The lowest BCUT2D eigenvalue weighted by molar-refractivity contribution is -0.104. The second kappa shape index (κ2) is 11.1. The van der Waals surface area contributed by atoms with Crippen LogP contribution in [0.25, 0.3) is 11.3 Å². The summed E-state index contributed by atoms with van der Waals surface area (Å²) in [4.78, 5) is 23.2. The predicted molar refractivity (Wildman–Crippen MR) is 122 cm³/mol. The zero-order valence-corrected chi connectivity index (χ0v) is 18.4. The van der Waals surface area contributed by atoms with Crippen LogP contribution >= 0.6 is 11.6 Å². The van der Waals surface area contributed by atoms with Crippen molar-refractivity contribution in [1.82, 2.24) is 14.7 Å². The molecule has 162 valence electrons. The van der Waals surface area contributed by atoms with Crippen LogP contribution in [-0.4, -0.2) is 61.0 Å². The van der Waals surface area contributed by atoms with E-state index in [1.165, 1.54) is 13.1 Å². The average Bonchev–Trinajstić information content (AvgIpc) is 3.18. The van der Waals surface area contributed by atoms with Crippen molar-refractivity contribution in [3.05, 3.63) is 47.5 Å². The Morgan fingerprint density at radius 2 is 1.77 bits per heavy atom. The molecule has 1 spiro atoms. The zero-order chi connectivity index (χ0) is 22.1. The highest BCUT2D eigenvalue weighted by Crippen LogP contribution is 2.41. The third-order valence-corrected chi connectivity index (χ3v) is 5.76. The third kappa shape index (κ3) is 4.98. The van der Waals surface area contributed by atoms with Gasteiger partial charge in [0.25, 0.3) is 0 Å². The summed E-state index contributed by atoms with van der Waals surface area (Å²) < 4.78 is 2.09. The van der Waals surface area contributed by atoms with Gasteiger partial charge in [0, 0.05) is 30.2 Å². The molecular formula is C22H30ClN5O2. The molecule has 2 aliphatic rings. The first-order valence-corrected chi connectivity index (χ1v) is 10.3. The van der Waals surface area contributed by atoms with Crippen LogP contribution in [0, 0.1) is 0 Å². The number of allylic oxidation sites excluding steroid dienone is 1. The molecule has 3 heterocycles. The smallest absolute Gasteiger partial charge is 0.156 e. The molecule has 0 bridgehead atoms. The zero-order valence-electron chi connectivity index (χ0n) is 17.6. The minimum Gasteiger partial charge on any atom is -0.370 e. The number of nitrogens with zero attached hydrogens (tertiary/aromatic N) is 3. The van der Waals surface area contributed by atoms with Gasteiger partial charge in [-0.1, -0.05) is 30.3 Å². The predicted octanol–water partition coefficient (Wildman–Crippen LogP) is 3.20. The Morgan fingerprint density at radius 1 is 1.17 bits per heavy atom. The Kier molecular flexibility index (Phi) is 8.77. The summed E-state index contributed by atoms with van der Waals surface area (Å²) in [7, 11) is 3.66. The number of carbonyl (C=O) groups is 2. The second-order valence-corrected chi connectivity index (χ2v) is 7.66. The monoisotopic (exact) mass is 431 g/mol. The fourth-order valence-corrected chi connectivity index (χ4v) is 4.02. The summed E-state index contributed by atoms with van der Waals surface area (Å²) in [6.45, 7) is 6.12. The fraction of sp³-hybridized carbons (Fsp3) is 0.409. The molecule has 2 aliphatic heterocycles. The molecule has 0 unspecified atom stereocenters. The molecule has 2 aromatic rings. The van der Waals surface area contributed by atoms with Crippen LogP contribution in [0.15, 0.2) is 36.9 Å². The van der Waals surface area contributed by atoms with Crippen molar-refractivity contribution in [2.45, 2.75) is 24.8 Å². The SMILES string of the molecule is C=CC=O.CN.CN1CCC2(CCNc3c(C=O)c(-c4ccc(Cl)cc4)nn32)CC1. The van der Waals surface area contributed by atoms with Crippen molar-refractivity contribution >= 4 is 30.0 Å². The first-order chi connectivity index (χ1) is 14.5. The van der Waals surface area contributed by atoms with Gasteiger partial charge in [0.15, 0.2) is 6.29 Å². The van der Waals surface area contributed by atoms with Crippen molar-refractivity contribution in [3.8, 4) is 11.3 Å². The topological polar surface area (TPSA) is 93.2 Å². The molecule has 0 radical (unpaired) electrons. The lowest BCUT2D eigenvalue weighted by Gasteiger charge is -2.44. The van der Waals surface area contributed by atoms with Gasteiger partial charge in [0.2, 0.25) is 0 Å². The van der Waals surface area contributed by atoms with Crippen LogP contribution in [0.3, 0.4) is 0 Å². The summed E-state index contributed by atoms with van der Waals surface area (Å²) in [5.41, 5.74) is 6.84. The van der Waals surface area contributed by atoms with Gasteiger partial charge in [0.1, 0.15) is 17.8 Å². The average molecular weight is 432 g/mol. The van der Waals surface area contributed by atoms with E-state index in [1.54, 1.807) is 0 Å². The highest BCUT2D eigenvalue weighted by Gasteiger charge is 2.41. The molecule has 3 N–H and O–H groups in total. The molecule has 1 fully saturated rings. The number of anilines is 1. The standard InChI is InChI=1S/C18H21ClN4O.C3H4O.CH5N/c1-22-10-7-18(8-11-22)6-9-20-17-15(12-24)16(21-23(17)18)13-2-4-14(19)5-3-13;1-2-3-4;1-2/h2-5,12,20H,6-11H2,1H3;2-3H,1H2;2H2,1H3. The number of aldehydes is 2. The van der Waals surface area contributed by atoms with Crippen LogP contribution < -0.4 is 11.1 Å². The van der Waals surface area contributed by atoms with Gasteiger partial charge in [0.05, 0.1) is 11.1 Å². The second-order valence-electron chi connectivity index (χ2n) is 7.22. The van der Waals surface area contributed by atoms with E-state index in [0.29, 0.717) is 16.9 Å². The summed E-state index contributed by atoms with van der Waals surface area (Å²) in [6.07, 6.45) is 5.94. The number of nitrogens with two attached hydrogens (primary N) is 1. The van der Waals surface area contributed by atoms with Crippen LogP contribution in [-0.2, 0) is 10.3 Å². The highest BCUT2D eigenvalue weighted by molar-refractivity contribution is 6.30. The van der Waals surface area contributed by atoms with Crippen molar-refractivity contribution in [1.29, 1.82) is 0 Å². The van der Waals surface area contributed by atoms with E-state index in [9.17, 15) is 4.79 Å². The number of carbonyl (C=O) groups excluding carboxylic acids is 2. The van der Waals surface area contributed by atoms with Crippen LogP contribution in [0.4, 0.5) is 5.82 Å². The number of halogens is 1. The molecule has 8 heteroatoms. The molecule has 30 heavy (non-hydrogen) atoms. The van der Waals surface area contributed by atoms with Gasteiger partial charge in [-0.15, -0.1) is 0 Å². The summed E-state index contributed by atoms with van der Waals surface area (Å²) in [6, 6.07) is 7.52. The molecule has 1 saturated heterocycles. The Balaban J connectivity index is 0.000000481. The number of piperidine rings is 1. The minimum absolute atomic E-state index is 0.0233. The van der Waals surface area contributed by atoms with Crippen molar-refractivity contribution in [2.75, 3.05) is 39.0 Å². The summed E-state index contributed by atoms with van der Waals surface area (Å²) in [5, 5.41) is 8.96. The van der Waals surface area contributed by atoms with Crippen molar-refractivity contribution < 1.29 is 9.59 Å². The third-order valence-electron chi connectivity index (χ3n) is 5.50. The molecule has 0 saturated carbocycles. The molecule has 4 rings (SSSR count). The largest absolute Gasteiger partial charge is 0.370 e. The fourth-order valence-electron chi connectivity index (χ4n) is 3.89. The first kappa shape index (κ1) is 23.8. The van der Waals surface area contributed by atoms with E-state index in [4.69, 9.17) is 21.5 Å². The summed E-state index contributed by atoms with van der Waals surface area (Å²) in [5.74, 6) is 0.866.